The number of rotatable bonds is 2. The van der Waals surface area contributed by atoms with Gasteiger partial charge < -0.3 is 14.8 Å². The molecule has 5 atom stereocenters. The molecule has 0 unspecified atom stereocenters. The molecule has 0 aliphatic carbocycles. The van der Waals surface area contributed by atoms with Crippen LogP contribution < -0.4 is 10.2 Å². The van der Waals surface area contributed by atoms with Crippen molar-refractivity contribution < 1.29 is 37.0 Å². The topological polar surface area (TPSA) is 109 Å². The molecule has 31 heavy (non-hydrogen) atoms. The molecule has 0 saturated carbocycles. The first-order chi connectivity index (χ1) is 14.4. The van der Waals surface area contributed by atoms with Crippen molar-refractivity contribution in [2.75, 3.05) is 12.0 Å². The van der Waals surface area contributed by atoms with Gasteiger partial charge >= 0.3 is 12.3 Å². The number of fused-ring (bicyclic) bond motifs is 5. The van der Waals surface area contributed by atoms with Crippen LogP contribution in [0.1, 0.15) is 31.4 Å². The largest absolute Gasteiger partial charge is 0.453 e. The number of nitrogens with one attached hydrogen (secondary N) is 1. The Morgan fingerprint density at radius 1 is 1.29 bits per heavy atom. The maximum Gasteiger partial charge on any atom is 0.417 e. The minimum atomic E-state index is -4.83. The summed E-state index contributed by atoms with van der Waals surface area (Å²) >= 11 is 0. The van der Waals surface area contributed by atoms with E-state index < -0.39 is 64.3 Å². The maximum absolute atomic E-state index is 13.4. The number of anilines is 1. The number of carbonyl (C=O) groups excluding carboxylic acids is 3. The van der Waals surface area contributed by atoms with Crippen LogP contribution in [0, 0.1) is 23.2 Å². The van der Waals surface area contributed by atoms with Gasteiger partial charge in [0.25, 0.3) is 0 Å². The third-order valence-electron chi connectivity index (χ3n) is 6.50. The van der Waals surface area contributed by atoms with Crippen molar-refractivity contribution in [3.05, 3.63) is 29.3 Å². The second kappa shape index (κ2) is 6.43. The molecule has 2 bridgehead atoms. The minimum absolute atomic E-state index is 0.230. The van der Waals surface area contributed by atoms with Gasteiger partial charge in [-0.05, 0) is 32.0 Å². The monoisotopic (exact) mass is 437 g/mol. The van der Waals surface area contributed by atoms with Crippen molar-refractivity contribution in [3.8, 4) is 6.07 Å². The number of carbonyl (C=O) groups is 3. The molecule has 0 aromatic heterocycles. The van der Waals surface area contributed by atoms with E-state index in [2.05, 4.69) is 10.1 Å². The summed E-state index contributed by atoms with van der Waals surface area (Å²) in [6.07, 6.45) is -5.33. The van der Waals surface area contributed by atoms with E-state index in [4.69, 9.17) is 10.00 Å². The van der Waals surface area contributed by atoms with Crippen LogP contribution in [-0.2, 0) is 25.2 Å². The van der Waals surface area contributed by atoms with Crippen molar-refractivity contribution in [2.45, 2.75) is 43.7 Å². The molecule has 11 heteroatoms. The molecule has 3 aliphatic heterocycles. The predicted molar refractivity (Wildman–Crippen MR) is 97.5 cm³/mol. The Balaban J connectivity index is 1.75. The van der Waals surface area contributed by atoms with Crippen LogP contribution in [0.4, 0.5) is 23.7 Å². The number of halogens is 3. The molecule has 3 saturated heterocycles. The summed E-state index contributed by atoms with van der Waals surface area (Å²) in [5.41, 5.74) is -4.44. The fraction of sp³-hybridized carbons (Fsp3) is 0.500. The molecule has 3 aliphatic rings. The average molecular weight is 437 g/mol. The highest BCUT2D eigenvalue weighted by molar-refractivity contribution is 6.23. The summed E-state index contributed by atoms with van der Waals surface area (Å²) in [5, 5.41) is 11.6. The zero-order chi connectivity index (χ0) is 22.9. The lowest BCUT2D eigenvalue weighted by Gasteiger charge is -2.35. The lowest BCUT2D eigenvalue weighted by molar-refractivity contribution is -0.138. The van der Waals surface area contributed by atoms with Crippen LogP contribution in [0.2, 0.25) is 0 Å². The maximum atomic E-state index is 13.4. The molecule has 4 rings (SSSR count). The van der Waals surface area contributed by atoms with Crippen molar-refractivity contribution in [1.82, 2.24) is 5.32 Å². The lowest BCUT2D eigenvalue weighted by Crippen LogP contribution is -2.56. The van der Waals surface area contributed by atoms with Gasteiger partial charge in [0.05, 0.1) is 59.1 Å². The number of nitriles is 1. The molecule has 164 valence electrons. The fourth-order valence-corrected chi connectivity index (χ4v) is 5.21. The summed E-state index contributed by atoms with van der Waals surface area (Å²) in [7, 11) is 1.19. The van der Waals surface area contributed by atoms with E-state index in [1.165, 1.54) is 13.2 Å². The van der Waals surface area contributed by atoms with Crippen molar-refractivity contribution in [1.29, 1.82) is 5.26 Å². The van der Waals surface area contributed by atoms with E-state index in [0.29, 0.717) is 6.07 Å². The van der Waals surface area contributed by atoms with Gasteiger partial charge in [-0.2, -0.15) is 18.4 Å². The normalized spacial score (nSPS) is 34.0. The Bertz CT molecular complexity index is 1050. The molecule has 1 aromatic rings. The standard InChI is InChI=1S/C20H18F3N3O5/c1-18-7-12(25-17(29)30-3)19(2,31-18)14-13(18)15(27)26(16(14)28)10-5-4-9(8-24)11(6-10)20(21,22)23/h4-6,12-14H,7H2,1-3H3,(H,25,29)/t12-,13-,14+,18-,19+/m1/s1. The second-order valence-electron chi connectivity index (χ2n) is 8.30. The van der Waals surface area contributed by atoms with E-state index in [1.807, 2.05) is 0 Å². The number of hydrogen-bond donors (Lipinski definition) is 1. The Kier molecular flexibility index (Phi) is 4.38. The van der Waals surface area contributed by atoms with Crippen molar-refractivity contribution >= 4 is 23.6 Å². The predicted octanol–water partition coefficient (Wildman–Crippen LogP) is 2.36. The highest BCUT2D eigenvalue weighted by atomic mass is 19.4. The molecule has 1 N–H and O–H groups in total. The van der Waals surface area contributed by atoms with Gasteiger partial charge in [0.2, 0.25) is 11.8 Å². The van der Waals surface area contributed by atoms with Gasteiger partial charge in [-0.1, -0.05) is 0 Å². The molecule has 0 radical (unpaired) electrons. The molecular weight excluding hydrogens is 419 g/mol. The first kappa shape index (κ1) is 21.1. The first-order valence-corrected chi connectivity index (χ1v) is 9.41. The Hall–Kier alpha value is -3.13. The number of alkyl carbamates (subject to hydrolysis) is 1. The van der Waals surface area contributed by atoms with Gasteiger partial charge in [0.15, 0.2) is 0 Å². The third-order valence-corrected chi connectivity index (χ3v) is 6.50. The van der Waals surface area contributed by atoms with Crippen LogP contribution >= 0.6 is 0 Å². The van der Waals surface area contributed by atoms with Crippen molar-refractivity contribution in [3.63, 3.8) is 0 Å². The van der Waals surface area contributed by atoms with E-state index in [0.717, 1.165) is 17.0 Å². The third kappa shape index (κ3) is 2.81. The van der Waals surface area contributed by atoms with E-state index in [1.54, 1.807) is 13.8 Å². The van der Waals surface area contributed by atoms with Gasteiger partial charge in [-0.25, -0.2) is 9.69 Å². The zero-order valence-corrected chi connectivity index (χ0v) is 16.7. The van der Waals surface area contributed by atoms with E-state index in [9.17, 15) is 27.6 Å². The smallest absolute Gasteiger partial charge is 0.417 e. The summed E-state index contributed by atoms with van der Waals surface area (Å²) in [6, 6.07) is 3.54. The zero-order valence-electron chi connectivity index (χ0n) is 16.7. The Morgan fingerprint density at radius 2 is 1.94 bits per heavy atom. The molecule has 3 amide bonds. The molecule has 3 fully saturated rings. The molecule has 0 spiro atoms. The first-order valence-electron chi connectivity index (χ1n) is 9.41. The lowest BCUT2D eigenvalue weighted by atomic mass is 9.66. The highest BCUT2D eigenvalue weighted by Gasteiger charge is 2.76. The number of imide groups is 1. The fourth-order valence-electron chi connectivity index (χ4n) is 5.21. The van der Waals surface area contributed by atoms with Gasteiger partial charge in [-0.15, -0.1) is 0 Å². The second-order valence-corrected chi connectivity index (χ2v) is 8.30. The Labute approximate surface area is 174 Å². The number of benzene rings is 1. The molecule has 8 nitrogen and oxygen atoms in total. The van der Waals surface area contributed by atoms with Crippen LogP contribution in [0.15, 0.2) is 18.2 Å². The molecular formula is C20H18F3N3O5. The van der Waals surface area contributed by atoms with Gasteiger partial charge in [-0.3, -0.25) is 9.59 Å². The number of nitrogens with zero attached hydrogens (tertiary/aromatic N) is 2. The number of alkyl halides is 3. The Morgan fingerprint density at radius 3 is 2.52 bits per heavy atom. The minimum Gasteiger partial charge on any atom is -0.453 e. The number of hydrogen-bond acceptors (Lipinski definition) is 6. The van der Waals surface area contributed by atoms with Crippen LogP contribution in [0.5, 0.6) is 0 Å². The van der Waals surface area contributed by atoms with Gasteiger partial charge in [0, 0.05) is 6.42 Å². The SMILES string of the molecule is COC(=O)N[C@@H]1C[C@@]2(C)O[C@]1(C)[C@@H]1C(=O)N(c3ccc(C#N)c(C(F)(F)F)c3)C(=O)[C@@H]12. The summed E-state index contributed by atoms with van der Waals surface area (Å²) in [6.45, 7) is 3.24. The van der Waals surface area contributed by atoms with Crippen molar-refractivity contribution in [2.24, 2.45) is 11.8 Å². The number of methoxy groups -OCH3 is 1. The average Bonchev–Trinajstić information content (AvgIpc) is 3.21. The summed E-state index contributed by atoms with van der Waals surface area (Å²) < 4.78 is 50.8. The van der Waals surface area contributed by atoms with Crippen LogP contribution in [0.3, 0.4) is 0 Å². The van der Waals surface area contributed by atoms with Gasteiger partial charge in [0.1, 0.15) is 0 Å². The van der Waals surface area contributed by atoms with E-state index >= 15 is 0 Å². The van der Waals surface area contributed by atoms with Crippen LogP contribution in [0.25, 0.3) is 0 Å². The molecule has 3 heterocycles. The quantitative estimate of drug-likeness (QED) is 0.712. The molecule has 1 aromatic carbocycles. The number of ether oxygens (including phenoxy) is 2. The highest BCUT2D eigenvalue weighted by Crippen LogP contribution is 2.61. The van der Waals surface area contributed by atoms with Crippen LogP contribution in [-0.4, -0.2) is 42.3 Å². The number of amides is 3. The van der Waals surface area contributed by atoms with E-state index in [-0.39, 0.29) is 12.1 Å². The summed E-state index contributed by atoms with van der Waals surface area (Å²) in [5.74, 6) is -3.29. The summed E-state index contributed by atoms with van der Waals surface area (Å²) in [4.78, 5) is 38.9.